The SMILES string of the molecule is O=S(=O)(O)c1ccc2ccc(N(O)c3c(Cl)c(F)nc(F)c3Cl)cc2c1. The van der Waals surface area contributed by atoms with Crippen LogP contribution in [-0.4, -0.2) is 23.2 Å². The standard InChI is InChI=1S/C15H8Cl2F2N2O4S/c16-11-13(12(17)15(19)20-14(11)18)21(22)9-3-1-7-2-4-10(26(23,24)25)6-8(7)5-9/h1-6,22H,(H,23,24,25). The summed E-state index contributed by atoms with van der Waals surface area (Å²) < 4.78 is 58.7. The maximum Gasteiger partial charge on any atom is 0.294 e. The molecule has 2 aromatic carbocycles. The zero-order valence-electron chi connectivity index (χ0n) is 12.5. The van der Waals surface area contributed by atoms with Gasteiger partial charge in [-0.1, -0.05) is 35.3 Å². The molecule has 2 N–H and O–H groups in total. The number of aromatic nitrogens is 1. The summed E-state index contributed by atoms with van der Waals surface area (Å²) in [5.41, 5.74) is -0.581. The lowest BCUT2D eigenvalue weighted by Crippen LogP contribution is -2.14. The van der Waals surface area contributed by atoms with Crippen LogP contribution in [0.25, 0.3) is 10.8 Å². The van der Waals surface area contributed by atoms with Crippen molar-refractivity contribution < 1.29 is 27.0 Å². The van der Waals surface area contributed by atoms with E-state index in [1.165, 1.54) is 36.4 Å². The molecule has 0 atom stereocenters. The van der Waals surface area contributed by atoms with Crippen LogP contribution in [0.15, 0.2) is 41.3 Å². The van der Waals surface area contributed by atoms with Crippen LogP contribution >= 0.6 is 23.2 Å². The average molecular weight is 421 g/mol. The fourth-order valence-corrected chi connectivity index (χ4v) is 3.29. The summed E-state index contributed by atoms with van der Waals surface area (Å²) in [5.74, 6) is -2.73. The molecule has 1 heterocycles. The molecule has 0 bridgehead atoms. The molecule has 0 aliphatic rings. The number of pyridine rings is 1. The van der Waals surface area contributed by atoms with E-state index in [2.05, 4.69) is 4.98 Å². The van der Waals surface area contributed by atoms with Crippen molar-refractivity contribution in [3.05, 3.63) is 58.3 Å². The number of fused-ring (bicyclic) bond motifs is 1. The zero-order chi connectivity index (χ0) is 19.2. The van der Waals surface area contributed by atoms with E-state index in [4.69, 9.17) is 27.8 Å². The molecule has 0 unspecified atom stereocenters. The number of rotatable bonds is 3. The molecule has 0 spiro atoms. The van der Waals surface area contributed by atoms with E-state index in [0.717, 1.165) is 0 Å². The Kier molecular flexibility index (Phi) is 4.76. The Morgan fingerprint density at radius 3 is 2.12 bits per heavy atom. The van der Waals surface area contributed by atoms with Crippen LogP contribution in [-0.2, 0) is 10.1 Å². The summed E-state index contributed by atoms with van der Waals surface area (Å²) in [6.07, 6.45) is 0. The molecule has 11 heteroatoms. The van der Waals surface area contributed by atoms with E-state index in [1.54, 1.807) is 0 Å². The average Bonchev–Trinajstić information content (AvgIpc) is 2.58. The van der Waals surface area contributed by atoms with E-state index in [-0.39, 0.29) is 10.6 Å². The monoisotopic (exact) mass is 420 g/mol. The number of benzene rings is 2. The van der Waals surface area contributed by atoms with E-state index < -0.39 is 37.7 Å². The molecular formula is C15H8Cl2F2N2O4S. The van der Waals surface area contributed by atoms with Crippen molar-refractivity contribution in [1.82, 2.24) is 4.98 Å². The molecule has 136 valence electrons. The molecule has 6 nitrogen and oxygen atoms in total. The maximum atomic E-state index is 13.6. The molecule has 0 saturated heterocycles. The van der Waals surface area contributed by atoms with Gasteiger partial charge >= 0.3 is 0 Å². The highest BCUT2D eigenvalue weighted by molar-refractivity contribution is 7.85. The van der Waals surface area contributed by atoms with Crippen molar-refractivity contribution in [1.29, 1.82) is 0 Å². The van der Waals surface area contributed by atoms with Gasteiger partial charge < -0.3 is 0 Å². The Labute approximate surface area is 155 Å². The third-order valence-corrected chi connectivity index (χ3v) is 5.04. The number of halogens is 4. The van der Waals surface area contributed by atoms with Gasteiger partial charge in [0.15, 0.2) is 0 Å². The second-order valence-corrected chi connectivity index (χ2v) is 7.33. The van der Waals surface area contributed by atoms with E-state index >= 15 is 0 Å². The first-order chi connectivity index (χ1) is 12.1. The van der Waals surface area contributed by atoms with Crippen molar-refractivity contribution in [2.45, 2.75) is 4.90 Å². The van der Waals surface area contributed by atoms with Crippen molar-refractivity contribution in [3.8, 4) is 0 Å². The number of nitrogens with zero attached hydrogens (tertiary/aromatic N) is 2. The molecule has 26 heavy (non-hydrogen) atoms. The Hall–Kier alpha value is -2.04. The molecular weight excluding hydrogens is 413 g/mol. The van der Waals surface area contributed by atoms with Crippen LogP contribution in [0.5, 0.6) is 0 Å². The van der Waals surface area contributed by atoms with Crippen LogP contribution in [0.1, 0.15) is 0 Å². The Morgan fingerprint density at radius 2 is 1.54 bits per heavy atom. The molecule has 0 aliphatic carbocycles. The lowest BCUT2D eigenvalue weighted by atomic mass is 10.1. The van der Waals surface area contributed by atoms with Gasteiger partial charge in [-0.15, -0.1) is 0 Å². The van der Waals surface area contributed by atoms with Crippen LogP contribution in [0, 0.1) is 11.9 Å². The molecule has 0 saturated carbocycles. The molecule has 3 aromatic rings. The number of hydrogen-bond donors (Lipinski definition) is 2. The third-order valence-electron chi connectivity index (χ3n) is 3.52. The molecule has 0 amide bonds. The van der Waals surface area contributed by atoms with Gasteiger partial charge in [0.25, 0.3) is 10.1 Å². The summed E-state index contributed by atoms with van der Waals surface area (Å²) in [4.78, 5) is 2.51. The van der Waals surface area contributed by atoms with Crippen molar-refractivity contribution in [3.63, 3.8) is 0 Å². The predicted molar refractivity (Wildman–Crippen MR) is 91.9 cm³/mol. The number of anilines is 2. The maximum absolute atomic E-state index is 13.6. The number of hydrogen-bond acceptors (Lipinski definition) is 5. The highest BCUT2D eigenvalue weighted by Gasteiger charge is 2.23. The van der Waals surface area contributed by atoms with Gasteiger partial charge in [0, 0.05) is 0 Å². The van der Waals surface area contributed by atoms with E-state index in [0.29, 0.717) is 15.8 Å². The van der Waals surface area contributed by atoms with Crippen LogP contribution in [0.4, 0.5) is 20.2 Å². The lowest BCUT2D eigenvalue weighted by Gasteiger charge is -2.20. The van der Waals surface area contributed by atoms with Crippen molar-refractivity contribution in [2.24, 2.45) is 0 Å². The Balaban J connectivity index is 2.17. The van der Waals surface area contributed by atoms with Gasteiger partial charge in [0.05, 0.1) is 10.6 Å². The van der Waals surface area contributed by atoms with Gasteiger partial charge in [-0.05, 0) is 35.0 Å². The van der Waals surface area contributed by atoms with Crippen LogP contribution < -0.4 is 5.06 Å². The molecule has 3 rings (SSSR count). The summed E-state index contributed by atoms with van der Waals surface area (Å²) in [6, 6.07) is 8.02. The minimum atomic E-state index is -4.43. The first-order valence-electron chi connectivity index (χ1n) is 6.80. The molecule has 0 fully saturated rings. The van der Waals surface area contributed by atoms with Crippen molar-refractivity contribution in [2.75, 3.05) is 5.06 Å². The molecule has 0 radical (unpaired) electrons. The van der Waals surface area contributed by atoms with Gasteiger partial charge in [-0.2, -0.15) is 22.2 Å². The zero-order valence-corrected chi connectivity index (χ0v) is 14.8. The normalized spacial score (nSPS) is 11.8. The predicted octanol–water partition coefficient (Wildman–Crippen LogP) is 4.59. The topological polar surface area (TPSA) is 90.7 Å². The molecule has 1 aromatic heterocycles. The summed E-state index contributed by atoms with van der Waals surface area (Å²) in [6.45, 7) is 0. The van der Waals surface area contributed by atoms with Gasteiger partial charge in [-0.3, -0.25) is 9.76 Å². The second kappa shape index (κ2) is 6.60. The minimum absolute atomic E-state index is 0.0150. The van der Waals surface area contributed by atoms with Gasteiger partial charge in [0.1, 0.15) is 15.7 Å². The highest BCUT2D eigenvalue weighted by Crippen LogP contribution is 2.39. The second-order valence-electron chi connectivity index (χ2n) is 5.15. The molecule has 0 aliphatic heterocycles. The Bertz CT molecular complexity index is 1120. The van der Waals surface area contributed by atoms with Gasteiger partial charge in [0.2, 0.25) is 11.9 Å². The first-order valence-corrected chi connectivity index (χ1v) is 8.99. The minimum Gasteiger partial charge on any atom is -0.283 e. The third kappa shape index (κ3) is 3.31. The summed E-state index contributed by atoms with van der Waals surface area (Å²) in [5, 5.41) is 10.2. The smallest absolute Gasteiger partial charge is 0.283 e. The van der Waals surface area contributed by atoms with Crippen LogP contribution in [0.2, 0.25) is 10.0 Å². The van der Waals surface area contributed by atoms with Crippen molar-refractivity contribution >= 4 is 55.5 Å². The summed E-state index contributed by atoms with van der Waals surface area (Å²) >= 11 is 11.4. The fraction of sp³-hybridized carbons (Fsp3) is 0. The summed E-state index contributed by atoms with van der Waals surface area (Å²) in [7, 11) is -4.43. The largest absolute Gasteiger partial charge is 0.294 e. The first kappa shape index (κ1) is 18.7. The van der Waals surface area contributed by atoms with Gasteiger partial charge in [-0.25, -0.2) is 5.06 Å². The van der Waals surface area contributed by atoms with E-state index in [9.17, 15) is 22.4 Å². The van der Waals surface area contributed by atoms with E-state index in [1.807, 2.05) is 0 Å². The van der Waals surface area contributed by atoms with Crippen LogP contribution in [0.3, 0.4) is 0 Å². The Morgan fingerprint density at radius 1 is 0.962 bits per heavy atom. The fourth-order valence-electron chi connectivity index (χ4n) is 2.30. The quantitative estimate of drug-likeness (QED) is 0.365. The lowest BCUT2D eigenvalue weighted by molar-refractivity contribution is 0.299. The highest BCUT2D eigenvalue weighted by atomic mass is 35.5.